The average molecular weight is 298 g/mol. The van der Waals surface area contributed by atoms with E-state index >= 15 is 0 Å². The van der Waals surface area contributed by atoms with Gasteiger partial charge in [0.25, 0.3) is 0 Å². The number of benzene rings is 2. The molecule has 2 aromatic carbocycles. The minimum Gasteiger partial charge on any atom is -0.313 e. The molecule has 100 valence electrons. The van der Waals surface area contributed by atoms with E-state index in [2.05, 4.69) is 5.32 Å². The third-order valence-electron chi connectivity index (χ3n) is 3.04. The molecule has 1 unspecified atom stereocenters. The molecule has 0 fully saturated rings. The largest absolute Gasteiger partial charge is 0.313 e. The molecule has 1 N–H and O–H groups in total. The summed E-state index contributed by atoms with van der Waals surface area (Å²) in [6.45, 7) is 0. The summed E-state index contributed by atoms with van der Waals surface area (Å²) in [6.07, 6.45) is 0.719. The van der Waals surface area contributed by atoms with Crippen LogP contribution in [0.4, 0.5) is 4.39 Å². The van der Waals surface area contributed by atoms with Gasteiger partial charge in [-0.15, -0.1) is 0 Å². The lowest BCUT2D eigenvalue weighted by Crippen LogP contribution is -2.19. The van der Waals surface area contributed by atoms with E-state index in [1.54, 1.807) is 24.3 Å². The van der Waals surface area contributed by atoms with Crippen LogP contribution in [-0.4, -0.2) is 7.05 Å². The highest BCUT2D eigenvalue weighted by Crippen LogP contribution is 2.28. The normalized spacial score (nSPS) is 12.4. The third-order valence-corrected chi connectivity index (χ3v) is 3.61. The SMILES string of the molecule is CNC(Cc1ccc(F)cc1)c1cc(Cl)ccc1Cl. The number of halogens is 3. The van der Waals surface area contributed by atoms with E-state index in [-0.39, 0.29) is 11.9 Å². The summed E-state index contributed by atoms with van der Waals surface area (Å²) in [5, 5.41) is 4.54. The summed E-state index contributed by atoms with van der Waals surface area (Å²) in [5.74, 6) is -0.231. The van der Waals surface area contributed by atoms with Crippen LogP contribution < -0.4 is 5.32 Å². The van der Waals surface area contributed by atoms with Crippen molar-refractivity contribution in [2.45, 2.75) is 12.5 Å². The lowest BCUT2D eigenvalue weighted by molar-refractivity contribution is 0.589. The van der Waals surface area contributed by atoms with Gasteiger partial charge in [0.2, 0.25) is 0 Å². The van der Waals surface area contributed by atoms with Gasteiger partial charge in [-0.05, 0) is 54.9 Å². The monoisotopic (exact) mass is 297 g/mol. The molecule has 1 atom stereocenters. The topological polar surface area (TPSA) is 12.0 Å². The summed E-state index contributed by atoms with van der Waals surface area (Å²) < 4.78 is 12.9. The maximum absolute atomic E-state index is 12.9. The molecule has 0 spiro atoms. The van der Waals surface area contributed by atoms with Gasteiger partial charge in [0, 0.05) is 16.1 Å². The maximum atomic E-state index is 12.9. The predicted molar refractivity (Wildman–Crippen MR) is 78.4 cm³/mol. The highest BCUT2D eigenvalue weighted by atomic mass is 35.5. The molecule has 2 rings (SSSR count). The van der Waals surface area contributed by atoms with Gasteiger partial charge in [-0.25, -0.2) is 4.39 Å². The van der Waals surface area contributed by atoms with Crippen LogP contribution in [0.25, 0.3) is 0 Å². The fourth-order valence-electron chi connectivity index (χ4n) is 2.01. The van der Waals surface area contributed by atoms with Crippen molar-refractivity contribution in [1.82, 2.24) is 5.32 Å². The van der Waals surface area contributed by atoms with Crippen LogP contribution in [0.1, 0.15) is 17.2 Å². The number of hydrogen-bond acceptors (Lipinski definition) is 1. The lowest BCUT2D eigenvalue weighted by Gasteiger charge is -2.18. The highest BCUT2D eigenvalue weighted by molar-refractivity contribution is 6.33. The molecular weight excluding hydrogens is 284 g/mol. The van der Waals surface area contributed by atoms with E-state index in [0.717, 1.165) is 17.5 Å². The second-order valence-electron chi connectivity index (χ2n) is 4.34. The Hall–Kier alpha value is -1.09. The van der Waals surface area contributed by atoms with Crippen molar-refractivity contribution >= 4 is 23.2 Å². The quantitative estimate of drug-likeness (QED) is 0.867. The first kappa shape index (κ1) is 14.3. The molecule has 0 radical (unpaired) electrons. The Labute approximate surface area is 122 Å². The molecule has 0 amide bonds. The first-order chi connectivity index (χ1) is 9.10. The Kier molecular flexibility index (Phi) is 4.81. The molecule has 4 heteroatoms. The van der Waals surface area contributed by atoms with Crippen molar-refractivity contribution in [2.75, 3.05) is 7.05 Å². The molecule has 0 heterocycles. The van der Waals surface area contributed by atoms with Crippen molar-refractivity contribution in [1.29, 1.82) is 0 Å². The Morgan fingerprint density at radius 3 is 2.42 bits per heavy atom. The first-order valence-electron chi connectivity index (χ1n) is 5.97. The minimum atomic E-state index is -0.231. The molecule has 0 aromatic heterocycles. The van der Waals surface area contributed by atoms with E-state index in [0.29, 0.717) is 10.0 Å². The molecule has 0 aliphatic rings. The minimum absolute atomic E-state index is 0.0386. The lowest BCUT2D eigenvalue weighted by atomic mass is 9.99. The fraction of sp³-hybridized carbons (Fsp3) is 0.200. The van der Waals surface area contributed by atoms with Crippen molar-refractivity contribution < 1.29 is 4.39 Å². The molecule has 2 aromatic rings. The second-order valence-corrected chi connectivity index (χ2v) is 5.18. The molecule has 0 aliphatic heterocycles. The van der Waals surface area contributed by atoms with Gasteiger partial charge in [-0.3, -0.25) is 0 Å². The first-order valence-corrected chi connectivity index (χ1v) is 6.72. The Morgan fingerprint density at radius 1 is 1.11 bits per heavy atom. The molecule has 0 aliphatic carbocycles. The van der Waals surface area contributed by atoms with Crippen molar-refractivity contribution in [3.8, 4) is 0 Å². The predicted octanol–water partition coefficient (Wildman–Crippen LogP) is 4.64. The molecule has 1 nitrogen and oxygen atoms in total. The van der Waals surface area contributed by atoms with Crippen LogP contribution in [0.15, 0.2) is 42.5 Å². The van der Waals surface area contributed by atoms with E-state index in [1.807, 2.05) is 13.1 Å². The molecule has 19 heavy (non-hydrogen) atoms. The highest BCUT2D eigenvalue weighted by Gasteiger charge is 2.14. The van der Waals surface area contributed by atoms with Crippen LogP contribution in [0, 0.1) is 5.82 Å². The molecule has 0 bridgehead atoms. The van der Waals surface area contributed by atoms with Crippen LogP contribution in [0.3, 0.4) is 0 Å². The van der Waals surface area contributed by atoms with Gasteiger partial charge in [0.05, 0.1) is 0 Å². The van der Waals surface area contributed by atoms with E-state index in [1.165, 1.54) is 12.1 Å². The van der Waals surface area contributed by atoms with Crippen molar-refractivity contribution in [2.24, 2.45) is 0 Å². The number of nitrogens with one attached hydrogen (secondary N) is 1. The van der Waals surface area contributed by atoms with E-state index < -0.39 is 0 Å². The average Bonchev–Trinajstić information content (AvgIpc) is 2.41. The van der Waals surface area contributed by atoms with Crippen molar-refractivity contribution in [3.05, 3.63) is 69.5 Å². The molecule has 0 saturated carbocycles. The maximum Gasteiger partial charge on any atom is 0.123 e. The van der Waals surface area contributed by atoms with Crippen LogP contribution in [0.2, 0.25) is 10.0 Å². The zero-order valence-electron chi connectivity index (χ0n) is 10.5. The number of likely N-dealkylation sites (N-methyl/N-ethyl adjacent to an activating group) is 1. The zero-order valence-corrected chi connectivity index (χ0v) is 12.0. The molecular formula is C15H14Cl2FN. The van der Waals surface area contributed by atoms with Gasteiger partial charge in [0.1, 0.15) is 5.82 Å². The zero-order chi connectivity index (χ0) is 13.8. The summed E-state index contributed by atoms with van der Waals surface area (Å²) in [7, 11) is 1.87. The Balaban J connectivity index is 2.24. The van der Waals surface area contributed by atoms with Crippen LogP contribution in [0.5, 0.6) is 0 Å². The third kappa shape index (κ3) is 3.69. The smallest absolute Gasteiger partial charge is 0.123 e. The number of rotatable bonds is 4. The fourth-order valence-corrected chi connectivity index (χ4v) is 2.44. The summed E-state index contributed by atoms with van der Waals surface area (Å²) in [4.78, 5) is 0. The van der Waals surface area contributed by atoms with Crippen LogP contribution >= 0.6 is 23.2 Å². The summed E-state index contributed by atoms with van der Waals surface area (Å²) in [5.41, 5.74) is 1.98. The second kappa shape index (κ2) is 6.38. The van der Waals surface area contributed by atoms with Gasteiger partial charge in [-0.1, -0.05) is 35.3 Å². The molecule has 0 saturated heterocycles. The Bertz CT molecular complexity index is 555. The van der Waals surface area contributed by atoms with Gasteiger partial charge in [0.15, 0.2) is 0 Å². The van der Waals surface area contributed by atoms with E-state index in [9.17, 15) is 4.39 Å². The summed E-state index contributed by atoms with van der Waals surface area (Å²) >= 11 is 12.2. The van der Waals surface area contributed by atoms with Crippen LogP contribution in [-0.2, 0) is 6.42 Å². The van der Waals surface area contributed by atoms with Gasteiger partial charge >= 0.3 is 0 Å². The standard InChI is InChI=1S/C15H14Cl2FN/c1-19-15(8-10-2-5-12(18)6-3-10)13-9-11(16)4-7-14(13)17/h2-7,9,15,19H,8H2,1H3. The van der Waals surface area contributed by atoms with Crippen molar-refractivity contribution in [3.63, 3.8) is 0 Å². The van der Waals surface area contributed by atoms with E-state index in [4.69, 9.17) is 23.2 Å². The summed E-state index contributed by atoms with van der Waals surface area (Å²) in [6, 6.07) is 11.9. The van der Waals surface area contributed by atoms with Gasteiger partial charge < -0.3 is 5.32 Å². The number of hydrogen-bond donors (Lipinski definition) is 1. The Morgan fingerprint density at radius 2 is 1.79 bits per heavy atom. The van der Waals surface area contributed by atoms with Gasteiger partial charge in [-0.2, -0.15) is 0 Å².